The Morgan fingerprint density at radius 1 is 1.20 bits per heavy atom. The van der Waals surface area contributed by atoms with Gasteiger partial charge < -0.3 is 4.90 Å². The zero-order chi connectivity index (χ0) is 11.5. The fourth-order valence-electron chi connectivity index (χ4n) is 1.77. The summed E-state index contributed by atoms with van der Waals surface area (Å²) >= 11 is 0. The Balaban J connectivity index is 2.46. The third kappa shape index (κ3) is 2.49. The Morgan fingerprint density at radius 3 is 2.33 bits per heavy atom. The lowest BCUT2D eigenvalue weighted by Gasteiger charge is -2.27. The largest absolute Gasteiger partial charge is 0.324 e. The van der Waals surface area contributed by atoms with Gasteiger partial charge in [0.1, 0.15) is 5.54 Å². The molecule has 0 aromatic rings. The molecule has 0 aliphatic carbocycles. The first-order valence-corrected chi connectivity index (χ1v) is 5.63. The molecule has 1 aliphatic rings. The van der Waals surface area contributed by atoms with E-state index in [1.54, 1.807) is 18.7 Å². The van der Waals surface area contributed by atoms with Gasteiger partial charge in [0.2, 0.25) is 0 Å². The van der Waals surface area contributed by atoms with Crippen molar-refractivity contribution >= 4 is 11.9 Å². The molecule has 0 aromatic heterocycles. The molecule has 15 heavy (non-hydrogen) atoms. The van der Waals surface area contributed by atoms with E-state index < -0.39 is 5.54 Å². The Kier molecular flexibility index (Phi) is 3.72. The van der Waals surface area contributed by atoms with Gasteiger partial charge in [-0.05, 0) is 20.3 Å². The molecule has 1 aliphatic heterocycles. The Bertz CT molecular complexity index is 261. The van der Waals surface area contributed by atoms with E-state index >= 15 is 0 Å². The van der Waals surface area contributed by atoms with Crippen LogP contribution in [0.25, 0.3) is 0 Å². The number of unbranched alkanes of at least 4 members (excludes halogenated alkanes) is 3. The summed E-state index contributed by atoms with van der Waals surface area (Å²) in [6.07, 6.45) is 4.45. The van der Waals surface area contributed by atoms with Gasteiger partial charge in [-0.15, -0.1) is 0 Å². The first kappa shape index (κ1) is 12.0. The van der Waals surface area contributed by atoms with Crippen molar-refractivity contribution in [3.05, 3.63) is 0 Å². The first-order chi connectivity index (χ1) is 7.00. The Morgan fingerprint density at radius 2 is 1.87 bits per heavy atom. The third-order valence-corrected chi connectivity index (χ3v) is 2.93. The fraction of sp³-hybridized carbons (Fsp3) is 0.818. The van der Waals surface area contributed by atoms with E-state index in [0.29, 0.717) is 6.54 Å². The standard InChI is InChI=1S/C11H20N2O2/c1-4-5-6-7-8-13-10(15)12-9(14)11(13,2)3/h4-8H2,1-3H3,(H,12,14,15). The van der Waals surface area contributed by atoms with E-state index in [0.717, 1.165) is 12.8 Å². The SMILES string of the molecule is CCCCCCN1C(=O)NC(=O)C1(C)C. The van der Waals surface area contributed by atoms with Crippen LogP contribution in [0.2, 0.25) is 0 Å². The maximum atomic E-state index is 11.5. The van der Waals surface area contributed by atoms with Gasteiger partial charge in [0.05, 0.1) is 0 Å². The smallest absolute Gasteiger partial charge is 0.310 e. The van der Waals surface area contributed by atoms with Crippen molar-refractivity contribution in [1.29, 1.82) is 0 Å². The summed E-state index contributed by atoms with van der Waals surface area (Å²) in [4.78, 5) is 24.5. The number of nitrogens with one attached hydrogen (secondary N) is 1. The molecule has 4 nitrogen and oxygen atoms in total. The van der Waals surface area contributed by atoms with Crippen LogP contribution < -0.4 is 5.32 Å². The normalized spacial score (nSPS) is 19.5. The second kappa shape index (κ2) is 4.64. The molecule has 3 amide bonds. The van der Waals surface area contributed by atoms with Crippen LogP contribution in [0.15, 0.2) is 0 Å². The van der Waals surface area contributed by atoms with Gasteiger partial charge >= 0.3 is 6.03 Å². The van der Waals surface area contributed by atoms with E-state index in [9.17, 15) is 9.59 Å². The zero-order valence-electron chi connectivity index (χ0n) is 9.80. The maximum Gasteiger partial charge on any atom is 0.324 e. The number of urea groups is 1. The molecule has 1 fully saturated rings. The molecule has 1 rings (SSSR count). The quantitative estimate of drug-likeness (QED) is 0.559. The number of carbonyl (C=O) groups excluding carboxylic acids is 2. The molecule has 0 atom stereocenters. The summed E-state index contributed by atoms with van der Waals surface area (Å²) in [7, 11) is 0. The van der Waals surface area contributed by atoms with Crippen LogP contribution >= 0.6 is 0 Å². The predicted molar refractivity (Wildman–Crippen MR) is 58.5 cm³/mol. The number of hydrogen-bond donors (Lipinski definition) is 1. The molecule has 0 aromatic carbocycles. The lowest BCUT2D eigenvalue weighted by Crippen LogP contribution is -2.44. The molecule has 86 valence electrons. The van der Waals surface area contributed by atoms with Crippen LogP contribution in [0.1, 0.15) is 46.5 Å². The van der Waals surface area contributed by atoms with Gasteiger partial charge in [-0.3, -0.25) is 10.1 Å². The van der Waals surface area contributed by atoms with Crippen molar-refractivity contribution in [1.82, 2.24) is 10.2 Å². The molecule has 1 N–H and O–H groups in total. The van der Waals surface area contributed by atoms with Gasteiger partial charge in [-0.25, -0.2) is 4.79 Å². The highest BCUT2D eigenvalue weighted by atomic mass is 16.2. The maximum absolute atomic E-state index is 11.5. The molecule has 4 heteroatoms. The summed E-state index contributed by atoms with van der Waals surface area (Å²) in [5, 5.41) is 2.35. The zero-order valence-corrected chi connectivity index (χ0v) is 9.80. The highest BCUT2D eigenvalue weighted by molar-refractivity contribution is 6.06. The van der Waals surface area contributed by atoms with E-state index in [-0.39, 0.29) is 11.9 Å². The summed E-state index contributed by atoms with van der Waals surface area (Å²) in [5.74, 6) is -0.192. The van der Waals surface area contributed by atoms with Crippen LogP contribution in [0.4, 0.5) is 4.79 Å². The number of carbonyl (C=O) groups is 2. The van der Waals surface area contributed by atoms with Crippen molar-refractivity contribution in [2.45, 2.75) is 52.0 Å². The summed E-state index contributed by atoms with van der Waals surface area (Å²) in [6.45, 7) is 6.39. The number of hydrogen-bond acceptors (Lipinski definition) is 2. The van der Waals surface area contributed by atoms with Crippen molar-refractivity contribution in [3.63, 3.8) is 0 Å². The average Bonchev–Trinajstić information content (AvgIpc) is 2.34. The van der Waals surface area contributed by atoms with Crippen molar-refractivity contribution in [2.24, 2.45) is 0 Å². The lowest BCUT2D eigenvalue weighted by molar-refractivity contribution is -0.125. The molecular formula is C11H20N2O2. The second-order valence-corrected chi connectivity index (χ2v) is 4.53. The fourth-order valence-corrected chi connectivity index (χ4v) is 1.77. The number of imide groups is 1. The average molecular weight is 212 g/mol. The second-order valence-electron chi connectivity index (χ2n) is 4.53. The minimum Gasteiger partial charge on any atom is -0.310 e. The van der Waals surface area contributed by atoms with Crippen molar-refractivity contribution in [3.8, 4) is 0 Å². The predicted octanol–water partition coefficient (Wildman–Crippen LogP) is 1.90. The molecule has 1 heterocycles. The molecular weight excluding hydrogens is 192 g/mol. The van der Waals surface area contributed by atoms with Crippen molar-refractivity contribution in [2.75, 3.05) is 6.54 Å². The Hall–Kier alpha value is -1.06. The topological polar surface area (TPSA) is 49.4 Å². The van der Waals surface area contributed by atoms with Gasteiger partial charge in [0, 0.05) is 6.54 Å². The molecule has 0 unspecified atom stereocenters. The highest BCUT2D eigenvalue weighted by Crippen LogP contribution is 2.21. The van der Waals surface area contributed by atoms with Crippen molar-refractivity contribution < 1.29 is 9.59 Å². The molecule has 0 saturated carbocycles. The summed E-state index contributed by atoms with van der Waals surface area (Å²) in [5.41, 5.74) is -0.677. The minimum absolute atomic E-state index is 0.192. The van der Waals surface area contributed by atoms with Crippen LogP contribution in [0.3, 0.4) is 0 Å². The van der Waals surface area contributed by atoms with E-state index in [2.05, 4.69) is 12.2 Å². The van der Waals surface area contributed by atoms with E-state index in [4.69, 9.17) is 0 Å². The first-order valence-electron chi connectivity index (χ1n) is 5.63. The molecule has 0 spiro atoms. The van der Waals surface area contributed by atoms with E-state index in [1.165, 1.54) is 12.8 Å². The monoisotopic (exact) mass is 212 g/mol. The van der Waals surface area contributed by atoms with Gasteiger partial charge in [-0.1, -0.05) is 26.2 Å². The van der Waals surface area contributed by atoms with Crippen LogP contribution in [-0.2, 0) is 4.79 Å². The highest BCUT2D eigenvalue weighted by Gasteiger charge is 2.44. The molecule has 0 radical (unpaired) electrons. The van der Waals surface area contributed by atoms with Crippen LogP contribution in [0.5, 0.6) is 0 Å². The van der Waals surface area contributed by atoms with Gasteiger partial charge in [0.15, 0.2) is 0 Å². The van der Waals surface area contributed by atoms with Gasteiger partial charge in [0.25, 0.3) is 5.91 Å². The van der Waals surface area contributed by atoms with Crippen LogP contribution in [-0.4, -0.2) is 28.9 Å². The Labute approximate surface area is 91.0 Å². The summed E-state index contributed by atoms with van der Waals surface area (Å²) < 4.78 is 0. The number of amides is 3. The summed E-state index contributed by atoms with van der Waals surface area (Å²) in [6, 6.07) is -0.249. The minimum atomic E-state index is -0.677. The van der Waals surface area contributed by atoms with Gasteiger partial charge in [-0.2, -0.15) is 0 Å². The van der Waals surface area contributed by atoms with E-state index in [1.807, 2.05) is 0 Å². The molecule has 1 saturated heterocycles. The lowest BCUT2D eigenvalue weighted by atomic mass is 10.0. The molecule has 0 bridgehead atoms. The number of rotatable bonds is 5. The number of nitrogens with zero attached hydrogens (tertiary/aromatic N) is 1. The van der Waals surface area contributed by atoms with Crippen LogP contribution in [0, 0.1) is 0 Å². The third-order valence-electron chi connectivity index (χ3n) is 2.93.